The highest BCUT2D eigenvalue weighted by Gasteiger charge is 2.25. The van der Waals surface area contributed by atoms with Gasteiger partial charge in [0, 0.05) is 35.6 Å². The first kappa shape index (κ1) is 17.5. The van der Waals surface area contributed by atoms with Crippen molar-refractivity contribution in [2.75, 3.05) is 23.3 Å². The van der Waals surface area contributed by atoms with Crippen LogP contribution in [0.1, 0.15) is 24.1 Å². The monoisotopic (exact) mass is 360 g/mol. The molecule has 132 valence electrons. The number of carboxylic acid groups (broad SMARTS) is 1. The minimum Gasteiger partial charge on any atom is -0.481 e. The van der Waals surface area contributed by atoms with Gasteiger partial charge in [-0.3, -0.25) is 4.79 Å². The zero-order valence-electron chi connectivity index (χ0n) is 14.3. The molecule has 25 heavy (non-hydrogen) atoms. The van der Waals surface area contributed by atoms with Gasteiger partial charge in [0.15, 0.2) is 0 Å². The Kier molecular flexibility index (Phi) is 5.08. The Morgan fingerprint density at radius 2 is 1.96 bits per heavy atom. The largest absolute Gasteiger partial charge is 0.481 e. The fraction of sp³-hybridized carbons (Fsp3) is 0.389. The first-order chi connectivity index (χ1) is 11.9. The number of rotatable bonds is 4. The molecule has 1 saturated heterocycles. The van der Waals surface area contributed by atoms with Gasteiger partial charge in [0.25, 0.3) is 0 Å². The number of hydrogen-bond acceptors (Lipinski definition) is 5. The summed E-state index contributed by atoms with van der Waals surface area (Å²) in [5.74, 6) is 0.357. The van der Waals surface area contributed by atoms with Gasteiger partial charge >= 0.3 is 5.97 Å². The molecule has 3 rings (SSSR count). The third-order valence-corrected chi connectivity index (χ3v) is 4.84. The number of hydrogen-bond donors (Lipinski definition) is 2. The number of halogens is 1. The van der Waals surface area contributed by atoms with Crippen molar-refractivity contribution in [1.29, 1.82) is 0 Å². The number of piperidine rings is 1. The number of aromatic nitrogens is 2. The van der Waals surface area contributed by atoms with E-state index in [4.69, 9.17) is 16.7 Å². The molecule has 0 spiro atoms. The van der Waals surface area contributed by atoms with Crippen LogP contribution in [0, 0.1) is 19.8 Å². The SMILES string of the molecule is Cc1cc(N2CCC(C(=O)O)CC2)nc(Nc2ccc(C)c(Cl)c2)n1. The topological polar surface area (TPSA) is 78.4 Å². The van der Waals surface area contributed by atoms with Gasteiger partial charge in [0.1, 0.15) is 5.82 Å². The van der Waals surface area contributed by atoms with Gasteiger partial charge < -0.3 is 15.3 Å². The van der Waals surface area contributed by atoms with Crippen LogP contribution in [0.5, 0.6) is 0 Å². The average molecular weight is 361 g/mol. The third kappa shape index (κ3) is 4.20. The Labute approximate surface area is 151 Å². The van der Waals surface area contributed by atoms with Gasteiger partial charge in [-0.25, -0.2) is 4.98 Å². The predicted octanol–water partition coefficient (Wildman–Crippen LogP) is 3.79. The lowest BCUT2D eigenvalue weighted by molar-refractivity contribution is -0.142. The zero-order valence-corrected chi connectivity index (χ0v) is 15.0. The molecule has 2 aromatic rings. The van der Waals surface area contributed by atoms with E-state index in [1.54, 1.807) is 0 Å². The highest BCUT2D eigenvalue weighted by Crippen LogP contribution is 2.25. The Morgan fingerprint density at radius 1 is 1.24 bits per heavy atom. The molecular weight excluding hydrogens is 340 g/mol. The first-order valence-electron chi connectivity index (χ1n) is 8.29. The van der Waals surface area contributed by atoms with Crippen molar-refractivity contribution >= 4 is 35.0 Å². The Bertz CT molecular complexity index is 789. The molecule has 0 amide bonds. The summed E-state index contributed by atoms with van der Waals surface area (Å²) in [6.45, 7) is 5.24. The molecule has 0 radical (unpaired) electrons. The summed E-state index contributed by atoms with van der Waals surface area (Å²) in [6.07, 6.45) is 1.27. The molecule has 1 aliphatic rings. The average Bonchev–Trinajstić information content (AvgIpc) is 2.58. The quantitative estimate of drug-likeness (QED) is 0.863. The number of aryl methyl sites for hydroxylation is 2. The van der Waals surface area contributed by atoms with Gasteiger partial charge in [-0.15, -0.1) is 0 Å². The van der Waals surface area contributed by atoms with E-state index in [9.17, 15) is 4.79 Å². The summed E-state index contributed by atoms with van der Waals surface area (Å²) in [6, 6.07) is 7.65. The molecule has 1 aromatic carbocycles. The zero-order chi connectivity index (χ0) is 18.0. The highest BCUT2D eigenvalue weighted by atomic mass is 35.5. The maximum absolute atomic E-state index is 11.1. The van der Waals surface area contributed by atoms with Gasteiger partial charge in [-0.1, -0.05) is 17.7 Å². The minimum atomic E-state index is -0.711. The van der Waals surface area contributed by atoms with E-state index >= 15 is 0 Å². The van der Waals surface area contributed by atoms with Gasteiger partial charge in [0.05, 0.1) is 5.92 Å². The molecule has 0 saturated carbocycles. The molecule has 0 aliphatic carbocycles. The van der Waals surface area contributed by atoms with E-state index in [2.05, 4.69) is 20.2 Å². The standard InChI is InChI=1S/C18H21ClN4O2/c1-11-3-4-14(10-15(11)19)21-18-20-12(2)9-16(22-18)23-7-5-13(6-8-23)17(24)25/h3-4,9-10,13H,5-8H2,1-2H3,(H,24,25)(H,20,21,22). The highest BCUT2D eigenvalue weighted by molar-refractivity contribution is 6.31. The molecule has 1 aliphatic heterocycles. The fourth-order valence-electron chi connectivity index (χ4n) is 2.93. The van der Waals surface area contributed by atoms with Crippen molar-refractivity contribution in [3.8, 4) is 0 Å². The normalized spacial score (nSPS) is 15.2. The first-order valence-corrected chi connectivity index (χ1v) is 8.67. The van der Waals surface area contributed by atoms with E-state index in [-0.39, 0.29) is 5.92 Å². The molecule has 7 heteroatoms. The number of aliphatic carboxylic acids is 1. The minimum absolute atomic E-state index is 0.258. The molecule has 2 heterocycles. The van der Waals surface area contributed by atoms with Gasteiger partial charge in [-0.2, -0.15) is 4.98 Å². The molecule has 0 bridgehead atoms. The summed E-state index contributed by atoms with van der Waals surface area (Å²) in [7, 11) is 0. The number of carboxylic acids is 1. The van der Waals surface area contributed by atoms with Crippen LogP contribution in [0.25, 0.3) is 0 Å². The second kappa shape index (κ2) is 7.27. The maximum Gasteiger partial charge on any atom is 0.306 e. The molecule has 0 unspecified atom stereocenters. The van der Waals surface area contributed by atoms with Crippen molar-refractivity contribution in [2.24, 2.45) is 5.92 Å². The Morgan fingerprint density at radius 3 is 2.60 bits per heavy atom. The summed E-state index contributed by atoms with van der Waals surface area (Å²) >= 11 is 6.17. The lowest BCUT2D eigenvalue weighted by atomic mass is 9.97. The van der Waals surface area contributed by atoms with Crippen LogP contribution in [0.2, 0.25) is 5.02 Å². The summed E-state index contributed by atoms with van der Waals surface area (Å²) in [4.78, 5) is 22.2. The fourth-order valence-corrected chi connectivity index (χ4v) is 3.11. The van der Waals surface area contributed by atoms with Crippen molar-refractivity contribution in [3.05, 3.63) is 40.5 Å². The van der Waals surface area contributed by atoms with E-state index in [1.807, 2.05) is 38.1 Å². The number of anilines is 3. The number of nitrogens with zero attached hydrogens (tertiary/aromatic N) is 3. The van der Waals surface area contributed by atoms with Crippen molar-refractivity contribution in [3.63, 3.8) is 0 Å². The predicted molar refractivity (Wildman–Crippen MR) is 98.8 cm³/mol. The number of carbonyl (C=O) groups is 1. The van der Waals surface area contributed by atoms with Crippen molar-refractivity contribution in [2.45, 2.75) is 26.7 Å². The second-order valence-corrected chi connectivity index (χ2v) is 6.79. The molecule has 2 N–H and O–H groups in total. The van der Waals surface area contributed by atoms with E-state index < -0.39 is 5.97 Å². The van der Waals surface area contributed by atoms with Crippen LogP contribution in [0.3, 0.4) is 0 Å². The van der Waals surface area contributed by atoms with E-state index in [0.717, 1.165) is 22.8 Å². The lowest BCUT2D eigenvalue weighted by Gasteiger charge is -2.31. The Balaban J connectivity index is 1.76. The van der Waals surface area contributed by atoms with Crippen LogP contribution in [-0.2, 0) is 4.79 Å². The summed E-state index contributed by atoms with van der Waals surface area (Å²) < 4.78 is 0. The van der Waals surface area contributed by atoms with Crippen molar-refractivity contribution < 1.29 is 9.90 Å². The molecule has 6 nitrogen and oxygen atoms in total. The Hall–Kier alpha value is -2.34. The van der Waals surface area contributed by atoms with Crippen LogP contribution in [0.15, 0.2) is 24.3 Å². The molecule has 1 aromatic heterocycles. The second-order valence-electron chi connectivity index (χ2n) is 6.38. The van der Waals surface area contributed by atoms with Crippen LogP contribution in [-0.4, -0.2) is 34.1 Å². The van der Waals surface area contributed by atoms with Crippen LogP contribution < -0.4 is 10.2 Å². The molecule has 0 atom stereocenters. The smallest absolute Gasteiger partial charge is 0.306 e. The van der Waals surface area contributed by atoms with E-state index in [1.165, 1.54) is 0 Å². The lowest BCUT2D eigenvalue weighted by Crippen LogP contribution is -2.36. The van der Waals surface area contributed by atoms with Gasteiger partial charge in [-0.05, 0) is 44.4 Å². The number of benzene rings is 1. The van der Waals surface area contributed by atoms with Crippen molar-refractivity contribution in [1.82, 2.24) is 9.97 Å². The summed E-state index contributed by atoms with van der Waals surface area (Å²) in [5.41, 5.74) is 2.70. The van der Waals surface area contributed by atoms with Gasteiger partial charge in [0.2, 0.25) is 5.95 Å². The maximum atomic E-state index is 11.1. The third-order valence-electron chi connectivity index (χ3n) is 4.44. The van der Waals surface area contributed by atoms with Crippen LogP contribution >= 0.6 is 11.6 Å². The van der Waals surface area contributed by atoms with E-state index in [0.29, 0.717) is 36.9 Å². The number of nitrogens with one attached hydrogen (secondary N) is 1. The summed E-state index contributed by atoms with van der Waals surface area (Å²) in [5, 5.41) is 13.0. The molecular formula is C18H21ClN4O2. The molecule has 1 fully saturated rings. The van der Waals surface area contributed by atoms with Crippen LogP contribution in [0.4, 0.5) is 17.5 Å².